The lowest BCUT2D eigenvalue weighted by Gasteiger charge is -2.06. The van der Waals surface area contributed by atoms with Crippen LogP contribution in [0.4, 0.5) is 5.82 Å². The Bertz CT molecular complexity index is 606. The topological polar surface area (TPSA) is 54.9 Å². The Morgan fingerprint density at radius 2 is 1.84 bits per heavy atom. The molecule has 0 radical (unpaired) electrons. The normalized spacial score (nSPS) is 10.3. The average Bonchev–Trinajstić information content (AvgIpc) is 2.25. The van der Waals surface area contributed by atoms with Crippen LogP contribution in [0.2, 0.25) is 15.5 Å². The Kier molecular flexibility index (Phi) is 4.24. The van der Waals surface area contributed by atoms with E-state index in [-0.39, 0.29) is 22.2 Å². The zero-order valence-corrected chi connectivity index (χ0v) is 12.0. The van der Waals surface area contributed by atoms with Crippen molar-refractivity contribution in [2.45, 2.75) is 6.92 Å². The Balaban J connectivity index is 2.25. The second-order valence-corrected chi connectivity index (χ2v) is 4.98. The van der Waals surface area contributed by atoms with E-state index in [1.807, 2.05) is 6.92 Å². The number of anilines is 1. The largest absolute Gasteiger partial charge is 0.306 e. The lowest BCUT2D eigenvalue weighted by Crippen LogP contribution is -2.13. The number of halogens is 3. The molecule has 1 N–H and O–H groups in total. The summed E-state index contributed by atoms with van der Waals surface area (Å²) in [6.07, 6.45) is 0. The van der Waals surface area contributed by atoms with E-state index >= 15 is 0 Å². The Morgan fingerprint density at radius 1 is 1.11 bits per heavy atom. The summed E-state index contributed by atoms with van der Waals surface area (Å²) in [5.41, 5.74) is 1.31. The van der Waals surface area contributed by atoms with Crippen LogP contribution in [0, 0.1) is 6.92 Å². The van der Waals surface area contributed by atoms with Crippen molar-refractivity contribution in [1.82, 2.24) is 9.97 Å². The molecule has 4 nitrogen and oxygen atoms in total. The van der Waals surface area contributed by atoms with Gasteiger partial charge in [0.1, 0.15) is 11.0 Å². The molecule has 1 heterocycles. The first-order chi connectivity index (χ1) is 8.94. The number of aromatic nitrogens is 2. The highest BCUT2D eigenvalue weighted by atomic mass is 35.5. The lowest BCUT2D eigenvalue weighted by atomic mass is 10.1. The summed E-state index contributed by atoms with van der Waals surface area (Å²) in [7, 11) is 0. The second-order valence-electron chi connectivity index (χ2n) is 3.82. The predicted molar refractivity (Wildman–Crippen MR) is 76.2 cm³/mol. The van der Waals surface area contributed by atoms with Crippen LogP contribution in [0.15, 0.2) is 24.3 Å². The molecule has 0 saturated carbocycles. The van der Waals surface area contributed by atoms with Gasteiger partial charge in [0.15, 0.2) is 0 Å². The number of amides is 1. The van der Waals surface area contributed by atoms with Gasteiger partial charge in [-0.15, -0.1) is 0 Å². The maximum atomic E-state index is 12.0. The third kappa shape index (κ3) is 3.80. The fourth-order valence-electron chi connectivity index (χ4n) is 1.51. The van der Waals surface area contributed by atoms with Crippen LogP contribution >= 0.6 is 34.8 Å². The summed E-state index contributed by atoms with van der Waals surface area (Å²) in [5.74, 6) is -0.121. The molecule has 1 aromatic carbocycles. The van der Waals surface area contributed by atoms with E-state index in [0.717, 1.165) is 5.56 Å². The van der Waals surface area contributed by atoms with Gasteiger partial charge in [-0.25, -0.2) is 9.97 Å². The van der Waals surface area contributed by atoms with Gasteiger partial charge < -0.3 is 5.32 Å². The van der Waals surface area contributed by atoms with Gasteiger partial charge >= 0.3 is 0 Å². The zero-order valence-electron chi connectivity index (χ0n) is 9.75. The van der Waals surface area contributed by atoms with Gasteiger partial charge in [-0.05, 0) is 42.3 Å². The highest BCUT2D eigenvalue weighted by Gasteiger charge is 2.10. The smallest absolute Gasteiger partial charge is 0.256 e. The SMILES string of the molecule is Cc1cc(Cl)cc(C(=O)Nc2cc(Cl)nc(Cl)n2)c1. The molecule has 0 aliphatic heterocycles. The van der Waals surface area contributed by atoms with E-state index in [0.29, 0.717) is 10.6 Å². The van der Waals surface area contributed by atoms with Crippen molar-refractivity contribution in [2.75, 3.05) is 5.32 Å². The second kappa shape index (κ2) is 5.74. The van der Waals surface area contributed by atoms with Gasteiger partial charge in [-0.3, -0.25) is 4.79 Å². The molecule has 0 spiro atoms. The minimum atomic E-state index is -0.351. The molecule has 1 amide bonds. The van der Waals surface area contributed by atoms with E-state index in [2.05, 4.69) is 15.3 Å². The summed E-state index contributed by atoms with van der Waals surface area (Å²) < 4.78 is 0. The van der Waals surface area contributed by atoms with Gasteiger partial charge in [0.05, 0.1) is 0 Å². The number of carbonyl (C=O) groups is 1. The average molecular weight is 317 g/mol. The number of nitrogens with zero attached hydrogens (tertiary/aromatic N) is 2. The van der Waals surface area contributed by atoms with Gasteiger partial charge in [-0.2, -0.15) is 0 Å². The monoisotopic (exact) mass is 315 g/mol. The molecule has 7 heteroatoms. The molecule has 19 heavy (non-hydrogen) atoms. The maximum Gasteiger partial charge on any atom is 0.256 e. The Morgan fingerprint density at radius 3 is 2.47 bits per heavy atom. The van der Waals surface area contributed by atoms with Crippen LogP contribution < -0.4 is 5.32 Å². The van der Waals surface area contributed by atoms with Crippen molar-refractivity contribution in [3.05, 3.63) is 50.9 Å². The van der Waals surface area contributed by atoms with E-state index in [4.69, 9.17) is 34.8 Å². The van der Waals surface area contributed by atoms with Gasteiger partial charge in [0.25, 0.3) is 5.91 Å². The minimum absolute atomic E-state index is 0.0370. The molecular weight excluding hydrogens is 309 g/mol. The Hall–Kier alpha value is -1.36. The molecule has 0 aliphatic carbocycles. The van der Waals surface area contributed by atoms with E-state index in [9.17, 15) is 4.79 Å². The number of carbonyl (C=O) groups excluding carboxylic acids is 1. The van der Waals surface area contributed by atoms with Crippen LogP contribution in [0.3, 0.4) is 0 Å². The summed E-state index contributed by atoms with van der Waals surface area (Å²) in [4.78, 5) is 19.6. The first-order valence-electron chi connectivity index (χ1n) is 5.22. The summed E-state index contributed by atoms with van der Waals surface area (Å²) in [6, 6.07) is 6.44. The summed E-state index contributed by atoms with van der Waals surface area (Å²) in [5, 5.41) is 3.18. The standard InChI is InChI=1S/C12H8Cl3N3O/c1-6-2-7(4-8(13)3-6)11(19)17-10-5-9(14)16-12(15)18-10/h2-5H,1H3,(H,16,17,18,19). The van der Waals surface area contributed by atoms with Crippen molar-refractivity contribution in [1.29, 1.82) is 0 Å². The van der Waals surface area contributed by atoms with Crippen LogP contribution in [0.25, 0.3) is 0 Å². The molecule has 0 unspecified atom stereocenters. The molecule has 2 aromatic rings. The summed E-state index contributed by atoms with van der Waals surface area (Å²) >= 11 is 17.3. The number of hydrogen-bond acceptors (Lipinski definition) is 3. The highest BCUT2D eigenvalue weighted by Crippen LogP contribution is 2.18. The quantitative estimate of drug-likeness (QED) is 0.673. The maximum absolute atomic E-state index is 12.0. The summed E-state index contributed by atoms with van der Waals surface area (Å²) in [6.45, 7) is 1.85. The number of nitrogens with one attached hydrogen (secondary N) is 1. The molecule has 1 aromatic heterocycles. The number of aryl methyl sites for hydroxylation is 1. The third-order valence-corrected chi connectivity index (χ3v) is 2.79. The molecule has 0 bridgehead atoms. The fourth-order valence-corrected chi connectivity index (χ4v) is 2.21. The van der Waals surface area contributed by atoms with Crippen LogP contribution in [-0.2, 0) is 0 Å². The fraction of sp³-hybridized carbons (Fsp3) is 0.0833. The lowest BCUT2D eigenvalue weighted by molar-refractivity contribution is 0.102. The van der Waals surface area contributed by atoms with E-state index in [1.165, 1.54) is 6.07 Å². The predicted octanol–water partition coefficient (Wildman–Crippen LogP) is 4.00. The Labute approximate surface area is 124 Å². The van der Waals surface area contributed by atoms with Crippen molar-refractivity contribution in [2.24, 2.45) is 0 Å². The van der Waals surface area contributed by atoms with E-state index in [1.54, 1.807) is 18.2 Å². The number of benzene rings is 1. The third-order valence-electron chi connectivity index (χ3n) is 2.21. The molecule has 2 rings (SSSR count). The van der Waals surface area contributed by atoms with Crippen molar-refractivity contribution < 1.29 is 4.79 Å². The molecule has 0 fully saturated rings. The van der Waals surface area contributed by atoms with Gasteiger partial charge in [0, 0.05) is 16.7 Å². The minimum Gasteiger partial charge on any atom is -0.306 e. The zero-order chi connectivity index (χ0) is 14.0. The van der Waals surface area contributed by atoms with Crippen LogP contribution in [-0.4, -0.2) is 15.9 Å². The first kappa shape index (κ1) is 14.1. The number of rotatable bonds is 2. The van der Waals surface area contributed by atoms with Crippen LogP contribution in [0.5, 0.6) is 0 Å². The van der Waals surface area contributed by atoms with Gasteiger partial charge in [-0.1, -0.05) is 23.2 Å². The molecular formula is C12H8Cl3N3O. The molecule has 0 saturated heterocycles. The first-order valence-corrected chi connectivity index (χ1v) is 6.36. The molecule has 0 atom stereocenters. The van der Waals surface area contributed by atoms with E-state index < -0.39 is 0 Å². The molecule has 0 aliphatic rings. The molecule has 98 valence electrons. The van der Waals surface area contributed by atoms with Crippen molar-refractivity contribution in [3.63, 3.8) is 0 Å². The van der Waals surface area contributed by atoms with Crippen molar-refractivity contribution in [3.8, 4) is 0 Å². The van der Waals surface area contributed by atoms with Crippen molar-refractivity contribution >= 4 is 46.5 Å². The highest BCUT2D eigenvalue weighted by molar-refractivity contribution is 6.32. The number of hydrogen-bond donors (Lipinski definition) is 1. The van der Waals surface area contributed by atoms with Crippen LogP contribution in [0.1, 0.15) is 15.9 Å². The van der Waals surface area contributed by atoms with Gasteiger partial charge in [0.2, 0.25) is 5.28 Å².